The molecule has 0 saturated carbocycles. The molecular formula is C12H12N2OS. The van der Waals surface area contributed by atoms with E-state index in [4.69, 9.17) is 0 Å². The molecule has 0 atom stereocenters. The van der Waals surface area contributed by atoms with Crippen LogP contribution in [0.5, 0.6) is 0 Å². The number of hydrogen-bond donors (Lipinski definition) is 0. The molecule has 4 heteroatoms. The Morgan fingerprint density at radius 2 is 2.19 bits per heavy atom. The van der Waals surface area contributed by atoms with Crippen LogP contribution in [0.4, 0.5) is 0 Å². The maximum absolute atomic E-state index is 11.8. The van der Waals surface area contributed by atoms with Gasteiger partial charge in [-0.1, -0.05) is 28.3 Å². The van der Waals surface area contributed by atoms with Crippen LogP contribution in [0.25, 0.3) is 0 Å². The SMILES string of the molecule is Cc1ccc(C)c(CC(=O)c2csnn2)c1. The molecule has 1 aromatic carbocycles. The number of aromatic nitrogens is 2. The van der Waals surface area contributed by atoms with Crippen LogP contribution in [-0.2, 0) is 6.42 Å². The standard InChI is InChI=1S/C12H12N2OS/c1-8-3-4-9(2)10(5-8)6-12(15)11-7-16-14-13-11/h3-5,7H,6H2,1-2H3. The minimum absolute atomic E-state index is 0.0300. The van der Waals surface area contributed by atoms with E-state index in [-0.39, 0.29) is 5.78 Å². The molecule has 2 rings (SSSR count). The van der Waals surface area contributed by atoms with E-state index in [0.717, 1.165) is 11.1 Å². The minimum atomic E-state index is 0.0300. The molecule has 0 aliphatic rings. The second kappa shape index (κ2) is 4.53. The predicted octanol–water partition coefficient (Wildman–Crippen LogP) is 2.58. The molecule has 16 heavy (non-hydrogen) atoms. The van der Waals surface area contributed by atoms with E-state index in [2.05, 4.69) is 9.59 Å². The Morgan fingerprint density at radius 1 is 1.38 bits per heavy atom. The van der Waals surface area contributed by atoms with Crippen molar-refractivity contribution in [3.8, 4) is 0 Å². The third-order valence-corrected chi connectivity index (χ3v) is 3.01. The highest BCUT2D eigenvalue weighted by atomic mass is 32.1. The van der Waals surface area contributed by atoms with E-state index >= 15 is 0 Å². The Morgan fingerprint density at radius 3 is 2.88 bits per heavy atom. The van der Waals surface area contributed by atoms with Gasteiger partial charge >= 0.3 is 0 Å². The molecule has 2 aromatic rings. The van der Waals surface area contributed by atoms with Gasteiger partial charge in [0.25, 0.3) is 0 Å². The zero-order valence-corrected chi connectivity index (χ0v) is 10.0. The van der Waals surface area contributed by atoms with Crippen molar-refractivity contribution in [3.63, 3.8) is 0 Å². The molecular weight excluding hydrogens is 220 g/mol. The molecule has 0 aliphatic carbocycles. The lowest BCUT2D eigenvalue weighted by Crippen LogP contribution is -2.05. The van der Waals surface area contributed by atoms with E-state index in [9.17, 15) is 4.79 Å². The molecule has 0 N–H and O–H groups in total. The van der Waals surface area contributed by atoms with Gasteiger partial charge in [0, 0.05) is 11.8 Å². The Hall–Kier alpha value is -1.55. The maximum Gasteiger partial charge on any atom is 0.188 e. The van der Waals surface area contributed by atoms with E-state index in [0.29, 0.717) is 12.1 Å². The van der Waals surface area contributed by atoms with E-state index in [1.165, 1.54) is 17.1 Å². The topological polar surface area (TPSA) is 42.9 Å². The first-order valence-electron chi connectivity index (χ1n) is 5.03. The summed E-state index contributed by atoms with van der Waals surface area (Å²) in [5, 5.41) is 5.47. The Balaban J connectivity index is 2.21. The number of carbonyl (C=O) groups is 1. The molecule has 0 radical (unpaired) electrons. The van der Waals surface area contributed by atoms with Crippen LogP contribution in [0, 0.1) is 13.8 Å². The summed E-state index contributed by atoms with van der Waals surface area (Å²) in [4.78, 5) is 11.8. The van der Waals surface area contributed by atoms with Gasteiger partial charge in [0.2, 0.25) is 0 Å². The van der Waals surface area contributed by atoms with Gasteiger partial charge in [-0.25, -0.2) is 0 Å². The summed E-state index contributed by atoms with van der Waals surface area (Å²) < 4.78 is 3.70. The van der Waals surface area contributed by atoms with Crippen LogP contribution >= 0.6 is 11.5 Å². The first kappa shape index (κ1) is 11.0. The average Bonchev–Trinajstić information content (AvgIpc) is 2.76. The third-order valence-electron chi connectivity index (χ3n) is 2.50. The van der Waals surface area contributed by atoms with Crippen molar-refractivity contribution in [1.29, 1.82) is 0 Å². The van der Waals surface area contributed by atoms with Gasteiger partial charge in [-0.05, 0) is 36.5 Å². The van der Waals surface area contributed by atoms with Gasteiger partial charge in [-0.3, -0.25) is 4.79 Å². The van der Waals surface area contributed by atoms with Crippen LogP contribution < -0.4 is 0 Å². The molecule has 1 heterocycles. The molecule has 0 amide bonds. The van der Waals surface area contributed by atoms with Crippen LogP contribution in [0.15, 0.2) is 23.6 Å². The molecule has 0 bridgehead atoms. The highest BCUT2D eigenvalue weighted by Crippen LogP contribution is 2.13. The third kappa shape index (κ3) is 2.33. The van der Waals surface area contributed by atoms with Crippen molar-refractivity contribution in [2.75, 3.05) is 0 Å². The molecule has 1 aromatic heterocycles. The number of rotatable bonds is 3. The van der Waals surface area contributed by atoms with E-state index < -0.39 is 0 Å². The first-order valence-corrected chi connectivity index (χ1v) is 5.87. The number of nitrogens with zero attached hydrogens (tertiary/aromatic N) is 2. The summed E-state index contributed by atoms with van der Waals surface area (Å²) in [7, 11) is 0. The van der Waals surface area contributed by atoms with Crippen LogP contribution in [0.3, 0.4) is 0 Å². The van der Waals surface area contributed by atoms with Crippen LogP contribution in [0.1, 0.15) is 27.2 Å². The maximum atomic E-state index is 11.8. The van der Waals surface area contributed by atoms with Crippen molar-refractivity contribution in [3.05, 3.63) is 46.0 Å². The monoisotopic (exact) mass is 232 g/mol. The number of benzene rings is 1. The summed E-state index contributed by atoms with van der Waals surface area (Å²) in [6.07, 6.45) is 0.402. The Bertz CT molecular complexity index is 506. The molecule has 3 nitrogen and oxygen atoms in total. The molecule has 0 saturated heterocycles. The molecule has 0 unspecified atom stereocenters. The lowest BCUT2D eigenvalue weighted by atomic mass is 10.0. The van der Waals surface area contributed by atoms with Gasteiger partial charge in [0.1, 0.15) is 5.69 Å². The zero-order chi connectivity index (χ0) is 11.5. The normalized spacial score (nSPS) is 10.4. The summed E-state index contributed by atoms with van der Waals surface area (Å²) in [5.74, 6) is 0.0300. The zero-order valence-electron chi connectivity index (χ0n) is 9.23. The highest BCUT2D eigenvalue weighted by Gasteiger charge is 2.11. The second-order valence-electron chi connectivity index (χ2n) is 3.82. The van der Waals surface area contributed by atoms with Gasteiger partial charge in [0.15, 0.2) is 5.78 Å². The van der Waals surface area contributed by atoms with Crippen molar-refractivity contribution in [2.45, 2.75) is 20.3 Å². The van der Waals surface area contributed by atoms with Gasteiger partial charge in [-0.2, -0.15) is 0 Å². The summed E-state index contributed by atoms with van der Waals surface area (Å²) in [6.45, 7) is 4.04. The largest absolute Gasteiger partial charge is 0.292 e. The van der Waals surface area contributed by atoms with Crippen LogP contribution in [-0.4, -0.2) is 15.4 Å². The lowest BCUT2D eigenvalue weighted by Gasteiger charge is -2.04. The van der Waals surface area contributed by atoms with Gasteiger partial charge in [0.05, 0.1) is 0 Å². The van der Waals surface area contributed by atoms with E-state index in [1.807, 2.05) is 32.0 Å². The van der Waals surface area contributed by atoms with Gasteiger partial charge in [-0.15, -0.1) is 5.10 Å². The molecule has 0 spiro atoms. The number of ketones is 1. The lowest BCUT2D eigenvalue weighted by molar-refractivity contribution is 0.0988. The molecule has 0 fully saturated rings. The predicted molar refractivity (Wildman–Crippen MR) is 63.9 cm³/mol. The van der Waals surface area contributed by atoms with Gasteiger partial charge < -0.3 is 0 Å². The number of carbonyl (C=O) groups excluding carboxylic acids is 1. The Kier molecular flexibility index (Phi) is 3.10. The smallest absolute Gasteiger partial charge is 0.188 e. The quantitative estimate of drug-likeness (QED) is 0.764. The number of Topliss-reactive ketones (excluding diaryl/α,β-unsaturated/α-hetero) is 1. The average molecular weight is 232 g/mol. The van der Waals surface area contributed by atoms with Crippen molar-refractivity contribution in [1.82, 2.24) is 9.59 Å². The fraction of sp³-hybridized carbons (Fsp3) is 0.250. The summed E-state index contributed by atoms with van der Waals surface area (Å²) >= 11 is 1.20. The minimum Gasteiger partial charge on any atom is -0.292 e. The fourth-order valence-electron chi connectivity index (χ4n) is 1.54. The van der Waals surface area contributed by atoms with Crippen molar-refractivity contribution in [2.24, 2.45) is 0 Å². The first-order chi connectivity index (χ1) is 7.66. The number of aryl methyl sites for hydroxylation is 2. The van der Waals surface area contributed by atoms with E-state index in [1.54, 1.807) is 5.38 Å². The second-order valence-corrected chi connectivity index (χ2v) is 4.43. The van der Waals surface area contributed by atoms with Crippen LogP contribution in [0.2, 0.25) is 0 Å². The summed E-state index contributed by atoms with van der Waals surface area (Å²) in [5.41, 5.74) is 3.84. The van der Waals surface area contributed by atoms with Crippen molar-refractivity contribution >= 4 is 17.3 Å². The summed E-state index contributed by atoms with van der Waals surface area (Å²) in [6, 6.07) is 6.14. The highest BCUT2D eigenvalue weighted by molar-refractivity contribution is 7.03. The number of hydrogen-bond acceptors (Lipinski definition) is 4. The molecule has 82 valence electrons. The fourth-order valence-corrected chi connectivity index (χ4v) is 2.00. The van der Waals surface area contributed by atoms with Crippen molar-refractivity contribution < 1.29 is 4.79 Å². The molecule has 0 aliphatic heterocycles. The Labute approximate surface area is 98.3 Å².